The van der Waals surface area contributed by atoms with Gasteiger partial charge in [0.2, 0.25) is 0 Å². The summed E-state index contributed by atoms with van der Waals surface area (Å²) in [5.74, 6) is 0. The SMILES string of the molecule is CCCCCCCCCNC(C)c1ccccn1. The molecular formula is C16H28N2. The Hall–Kier alpha value is -0.890. The molecule has 0 bridgehead atoms. The lowest BCUT2D eigenvalue weighted by Crippen LogP contribution is -2.20. The number of unbranched alkanes of at least 4 members (excludes halogenated alkanes) is 6. The average Bonchev–Trinajstić information content (AvgIpc) is 2.42. The van der Waals surface area contributed by atoms with Gasteiger partial charge in [0.15, 0.2) is 0 Å². The minimum atomic E-state index is 0.367. The number of hydrogen-bond donors (Lipinski definition) is 1. The molecule has 0 radical (unpaired) electrons. The van der Waals surface area contributed by atoms with Crippen LogP contribution < -0.4 is 5.32 Å². The predicted octanol–water partition coefficient (Wildman–Crippen LogP) is 4.48. The summed E-state index contributed by atoms with van der Waals surface area (Å²) in [6, 6.07) is 6.47. The van der Waals surface area contributed by atoms with E-state index in [1.54, 1.807) is 0 Å². The van der Waals surface area contributed by atoms with Crippen LogP contribution in [-0.2, 0) is 0 Å². The van der Waals surface area contributed by atoms with E-state index in [9.17, 15) is 0 Å². The molecule has 0 aliphatic heterocycles. The summed E-state index contributed by atoms with van der Waals surface area (Å²) in [7, 11) is 0. The Morgan fingerprint density at radius 1 is 1.06 bits per heavy atom. The van der Waals surface area contributed by atoms with Crippen LogP contribution in [-0.4, -0.2) is 11.5 Å². The number of nitrogens with zero attached hydrogens (tertiary/aromatic N) is 1. The van der Waals surface area contributed by atoms with Crippen LogP contribution in [0, 0.1) is 0 Å². The summed E-state index contributed by atoms with van der Waals surface area (Å²) in [6.07, 6.45) is 11.4. The van der Waals surface area contributed by atoms with Gasteiger partial charge in [-0.1, -0.05) is 51.5 Å². The van der Waals surface area contributed by atoms with Gasteiger partial charge < -0.3 is 5.32 Å². The van der Waals surface area contributed by atoms with Gasteiger partial charge in [-0.05, 0) is 32.0 Å². The Morgan fingerprint density at radius 3 is 2.44 bits per heavy atom. The third-order valence-electron chi connectivity index (χ3n) is 3.36. The van der Waals surface area contributed by atoms with Crippen molar-refractivity contribution in [3.63, 3.8) is 0 Å². The number of pyridine rings is 1. The number of aromatic nitrogens is 1. The largest absolute Gasteiger partial charge is 0.309 e. The van der Waals surface area contributed by atoms with Crippen molar-refractivity contribution in [2.24, 2.45) is 0 Å². The van der Waals surface area contributed by atoms with E-state index in [0.717, 1.165) is 12.2 Å². The first kappa shape index (κ1) is 15.2. The summed E-state index contributed by atoms with van der Waals surface area (Å²) >= 11 is 0. The molecule has 2 heteroatoms. The minimum absolute atomic E-state index is 0.367. The minimum Gasteiger partial charge on any atom is -0.309 e. The maximum absolute atomic E-state index is 4.36. The monoisotopic (exact) mass is 248 g/mol. The second kappa shape index (κ2) is 10.1. The van der Waals surface area contributed by atoms with E-state index >= 15 is 0 Å². The zero-order chi connectivity index (χ0) is 13.1. The summed E-state index contributed by atoms with van der Waals surface area (Å²) < 4.78 is 0. The molecule has 1 rings (SSSR count). The maximum atomic E-state index is 4.36. The first-order valence-electron chi connectivity index (χ1n) is 7.49. The molecule has 1 heterocycles. The highest BCUT2D eigenvalue weighted by atomic mass is 14.9. The highest BCUT2D eigenvalue weighted by Crippen LogP contribution is 2.09. The van der Waals surface area contributed by atoms with E-state index in [4.69, 9.17) is 0 Å². The summed E-state index contributed by atoms with van der Waals surface area (Å²) in [6.45, 7) is 5.55. The van der Waals surface area contributed by atoms with Crippen molar-refractivity contribution in [1.29, 1.82) is 0 Å². The van der Waals surface area contributed by atoms with Crippen molar-refractivity contribution in [2.45, 2.75) is 64.8 Å². The van der Waals surface area contributed by atoms with Gasteiger partial charge in [0.25, 0.3) is 0 Å². The van der Waals surface area contributed by atoms with Crippen molar-refractivity contribution in [1.82, 2.24) is 10.3 Å². The molecule has 0 amide bonds. The normalized spacial score (nSPS) is 12.6. The molecule has 0 aliphatic carbocycles. The molecule has 0 saturated carbocycles. The topological polar surface area (TPSA) is 24.9 Å². The van der Waals surface area contributed by atoms with Crippen molar-refractivity contribution < 1.29 is 0 Å². The summed E-state index contributed by atoms with van der Waals surface area (Å²) in [4.78, 5) is 4.36. The van der Waals surface area contributed by atoms with Gasteiger partial charge in [-0.25, -0.2) is 0 Å². The molecule has 0 fully saturated rings. The van der Waals surface area contributed by atoms with Crippen LogP contribution in [0.5, 0.6) is 0 Å². The molecule has 1 aromatic heterocycles. The fourth-order valence-electron chi connectivity index (χ4n) is 2.14. The summed E-state index contributed by atoms with van der Waals surface area (Å²) in [5, 5.41) is 3.54. The molecule has 2 nitrogen and oxygen atoms in total. The predicted molar refractivity (Wildman–Crippen MR) is 78.6 cm³/mol. The fourth-order valence-corrected chi connectivity index (χ4v) is 2.14. The first-order valence-corrected chi connectivity index (χ1v) is 7.49. The zero-order valence-electron chi connectivity index (χ0n) is 12.0. The lowest BCUT2D eigenvalue weighted by Gasteiger charge is -2.12. The quantitative estimate of drug-likeness (QED) is 0.617. The lowest BCUT2D eigenvalue weighted by atomic mass is 10.1. The molecule has 102 valence electrons. The van der Waals surface area contributed by atoms with Gasteiger partial charge in [-0.15, -0.1) is 0 Å². The third-order valence-corrected chi connectivity index (χ3v) is 3.36. The van der Waals surface area contributed by atoms with Crippen LogP contribution in [0.2, 0.25) is 0 Å². The van der Waals surface area contributed by atoms with Crippen LogP contribution in [0.1, 0.15) is 70.5 Å². The van der Waals surface area contributed by atoms with E-state index in [2.05, 4.69) is 30.2 Å². The van der Waals surface area contributed by atoms with Crippen LogP contribution in [0.25, 0.3) is 0 Å². The van der Waals surface area contributed by atoms with E-state index in [-0.39, 0.29) is 0 Å². The number of rotatable bonds is 10. The Morgan fingerprint density at radius 2 is 1.78 bits per heavy atom. The Kier molecular flexibility index (Phi) is 8.49. The molecule has 0 spiro atoms. The molecule has 1 N–H and O–H groups in total. The molecular weight excluding hydrogens is 220 g/mol. The highest BCUT2D eigenvalue weighted by molar-refractivity contribution is 5.07. The standard InChI is InChI=1S/C16H28N2/c1-3-4-5-6-7-8-10-13-17-15(2)16-12-9-11-14-18-16/h9,11-12,14-15,17H,3-8,10,13H2,1-2H3. The second-order valence-electron chi connectivity index (χ2n) is 5.05. The van der Waals surface area contributed by atoms with Crippen LogP contribution in [0.3, 0.4) is 0 Å². The fraction of sp³-hybridized carbons (Fsp3) is 0.688. The lowest BCUT2D eigenvalue weighted by molar-refractivity contribution is 0.517. The molecule has 0 saturated heterocycles. The van der Waals surface area contributed by atoms with E-state index in [1.807, 2.05) is 18.3 Å². The Labute approximate surface area is 112 Å². The van der Waals surface area contributed by atoms with Crippen molar-refractivity contribution >= 4 is 0 Å². The molecule has 0 aliphatic rings. The van der Waals surface area contributed by atoms with Crippen LogP contribution >= 0.6 is 0 Å². The smallest absolute Gasteiger partial charge is 0.0570 e. The molecule has 1 atom stereocenters. The summed E-state index contributed by atoms with van der Waals surface area (Å²) in [5.41, 5.74) is 1.14. The first-order chi connectivity index (χ1) is 8.84. The van der Waals surface area contributed by atoms with E-state index in [1.165, 1.54) is 44.9 Å². The van der Waals surface area contributed by atoms with Gasteiger partial charge in [0.1, 0.15) is 0 Å². The van der Waals surface area contributed by atoms with Crippen LogP contribution in [0.4, 0.5) is 0 Å². The van der Waals surface area contributed by atoms with Gasteiger partial charge in [-0.3, -0.25) is 4.98 Å². The van der Waals surface area contributed by atoms with Gasteiger partial charge in [0.05, 0.1) is 5.69 Å². The van der Waals surface area contributed by atoms with Gasteiger partial charge >= 0.3 is 0 Å². The van der Waals surface area contributed by atoms with Gasteiger partial charge in [0, 0.05) is 12.2 Å². The van der Waals surface area contributed by atoms with Crippen LogP contribution in [0.15, 0.2) is 24.4 Å². The van der Waals surface area contributed by atoms with Crippen molar-refractivity contribution in [3.8, 4) is 0 Å². The van der Waals surface area contributed by atoms with Gasteiger partial charge in [-0.2, -0.15) is 0 Å². The van der Waals surface area contributed by atoms with E-state index in [0.29, 0.717) is 6.04 Å². The number of nitrogens with one attached hydrogen (secondary N) is 1. The molecule has 1 aromatic rings. The molecule has 0 aromatic carbocycles. The molecule has 18 heavy (non-hydrogen) atoms. The maximum Gasteiger partial charge on any atom is 0.0570 e. The Balaban J connectivity index is 1.98. The zero-order valence-corrected chi connectivity index (χ0v) is 12.0. The Bertz CT molecular complexity index is 284. The third kappa shape index (κ3) is 6.75. The van der Waals surface area contributed by atoms with E-state index < -0.39 is 0 Å². The van der Waals surface area contributed by atoms with Crippen molar-refractivity contribution in [2.75, 3.05) is 6.54 Å². The number of hydrogen-bond acceptors (Lipinski definition) is 2. The second-order valence-corrected chi connectivity index (χ2v) is 5.05. The van der Waals surface area contributed by atoms with Crippen molar-refractivity contribution in [3.05, 3.63) is 30.1 Å². The molecule has 1 unspecified atom stereocenters. The average molecular weight is 248 g/mol. The highest BCUT2D eigenvalue weighted by Gasteiger charge is 2.03.